The van der Waals surface area contributed by atoms with Crippen molar-refractivity contribution in [2.75, 3.05) is 0 Å². The van der Waals surface area contributed by atoms with Crippen molar-refractivity contribution in [2.45, 2.75) is 51.6 Å². The number of sulfonamides is 1. The van der Waals surface area contributed by atoms with Crippen molar-refractivity contribution in [1.82, 2.24) is 14.5 Å². The van der Waals surface area contributed by atoms with Gasteiger partial charge in [-0.3, -0.25) is 4.68 Å². The van der Waals surface area contributed by atoms with Crippen LogP contribution in [0.15, 0.2) is 35.4 Å². The maximum absolute atomic E-state index is 12.5. The molecule has 2 aromatic rings. The van der Waals surface area contributed by atoms with E-state index in [1.165, 1.54) is 0 Å². The Morgan fingerprint density at radius 2 is 1.86 bits per heavy atom. The summed E-state index contributed by atoms with van der Waals surface area (Å²) in [4.78, 5) is 0.289. The number of nitrogens with one attached hydrogen (secondary N) is 1. The molecule has 2 rings (SSSR count). The highest BCUT2D eigenvalue weighted by Crippen LogP contribution is 2.20. The van der Waals surface area contributed by atoms with Gasteiger partial charge >= 0.3 is 0 Å². The molecule has 0 radical (unpaired) electrons. The molecule has 1 unspecified atom stereocenters. The molecule has 1 N–H and O–H groups in total. The van der Waals surface area contributed by atoms with Crippen LogP contribution in [0.1, 0.15) is 43.6 Å². The fourth-order valence-corrected chi connectivity index (χ4v) is 3.70. The summed E-state index contributed by atoms with van der Waals surface area (Å²) in [6.07, 6.45) is 2.62. The SMILES string of the molecule is CCc1ccc(S(=O)(=O)NC(C)c2cnn(CC)c2C)cc1. The maximum atomic E-state index is 12.5. The second kappa shape index (κ2) is 6.62. The lowest BCUT2D eigenvalue weighted by Crippen LogP contribution is -2.27. The standard InChI is InChI=1S/C16H23N3O2S/c1-5-14-7-9-15(10-8-14)22(20,21)18-12(3)16-11-17-19(6-2)13(16)4/h7-12,18H,5-6H2,1-4H3. The summed E-state index contributed by atoms with van der Waals surface area (Å²) in [6.45, 7) is 8.60. The summed E-state index contributed by atoms with van der Waals surface area (Å²) >= 11 is 0. The monoisotopic (exact) mass is 321 g/mol. The number of rotatable bonds is 6. The lowest BCUT2D eigenvalue weighted by Gasteiger charge is -2.14. The van der Waals surface area contributed by atoms with Gasteiger partial charge in [0.1, 0.15) is 0 Å². The van der Waals surface area contributed by atoms with Crippen molar-refractivity contribution < 1.29 is 8.42 Å². The van der Waals surface area contributed by atoms with E-state index in [9.17, 15) is 8.42 Å². The van der Waals surface area contributed by atoms with Gasteiger partial charge in [0.2, 0.25) is 10.0 Å². The van der Waals surface area contributed by atoms with Crippen LogP contribution in [0.5, 0.6) is 0 Å². The number of aromatic nitrogens is 2. The molecule has 5 nitrogen and oxygen atoms in total. The van der Waals surface area contributed by atoms with Gasteiger partial charge in [-0.05, 0) is 44.9 Å². The van der Waals surface area contributed by atoms with E-state index in [0.717, 1.165) is 29.8 Å². The predicted molar refractivity (Wildman–Crippen MR) is 87.2 cm³/mol. The Balaban J connectivity index is 2.21. The average Bonchev–Trinajstić information content (AvgIpc) is 2.88. The van der Waals surface area contributed by atoms with Crippen LogP contribution in [-0.2, 0) is 23.0 Å². The van der Waals surface area contributed by atoms with E-state index in [0.29, 0.717) is 0 Å². The number of hydrogen-bond donors (Lipinski definition) is 1. The fraction of sp³-hybridized carbons (Fsp3) is 0.438. The smallest absolute Gasteiger partial charge is 0.241 e. The van der Waals surface area contributed by atoms with Gasteiger partial charge in [0.15, 0.2) is 0 Å². The molecule has 0 aliphatic heterocycles. The first-order valence-corrected chi connectivity index (χ1v) is 9.01. The van der Waals surface area contributed by atoms with Gasteiger partial charge < -0.3 is 0 Å². The zero-order valence-electron chi connectivity index (χ0n) is 13.5. The molecule has 1 atom stereocenters. The first-order chi connectivity index (χ1) is 10.4. The molecule has 0 amide bonds. The maximum Gasteiger partial charge on any atom is 0.241 e. The molecule has 1 aromatic carbocycles. The highest BCUT2D eigenvalue weighted by Gasteiger charge is 2.21. The molecule has 0 bridgehead atoms. The lowest BCUT2D eigenvalue weighted by molar-refractivity contribution is 0.565. The third-order valence-corrected chi connectivity index (χ3v) is 5.44. The van der Waals surface area contributed by atoms with Gasteiger partial charge in [-0.2, -0.15) is 5.10 Å². The van der Waals surface area contributed by atoms with E-state index in [4.69, 9.17) is 0 Å². The molecule has 120 valence electrons. The van der Waals surface area contributed by atoms with Gasteiger partial charge in [-0.15, -0.1) is 0 Å². The second-order valence-corrected chi connectivity index (χ2v) is 7.06. The van der Waals surface area contributed by atoms with Crippen LogP contribution in [-0.4, -0.2) is 18.2 Å². The Bertz CT molecular complexity index is 733. The molecule has 1 heterocycles. The number of benzene rings is 1. The van der Waals surface area contributed by atoms with Gasteiger partial charge in [0.25, 0.3) is 0 Å². The number of nitrogens with zero attached hydrogens (tertiary/aromatic N) is 2. The average molecular weight is 321 g/mol. The van der Waals surface area contributed by atoms with E-state index in [1.807, 2.05) is 44.5 Å². The van der Waals surface area contributed by atoms with Crippen molar-refractivity contribution in [3.8, 4) is 0 Å². The lowest BCUT2D eigenvalue weighted by atomic mass is 10.1. The zero-order chi connectivity index (χ0) is 16.3. The minimum atomic E-state index is -3.53. The third kappa shape index (κ3) is 3.39. The van der Waals surface area contributed by atoms with Crippen molar-refractivity contribution in [3.05, 3.63) is 47.3 Å². The van der Waals surface area contributed by atoms with Crippen LogP contribution in [0.25, 0.3) is 0 Å². The molecule has 0 fully saturated rings. The zero-order valence-corrected chi connectivity index (χ0v) is 14.3. The van der Waals surface area contributed by atoms with E-state index in [1.54, 1.807) is 18.3 Å². The minimum Gasteiger partial charge on any atom is -0.270 e. The van der Waals surface area contributed by atoms with E-state index < -0.39 is 10.0 Å². The molecule has 0 saturated heterocycles. The normalized spacial score (nSPS) is 13.3. The van der Waals surface area contributed by atoms with Crippen molar-refractivity contribution in [2.24, 2.45) is 0 Å². The molecular weight excluding hydrogens is 298 g/mol. The van der Waals surface area contributed by atoms with E-state index in [2.05, 4.69) is 9.82 Å². The summed E-state index contributed by atoms with van der Waals surface area (Å²) in [5.41, 5.74) is 3.00. The Labute approximate surface area is 132 Å². The van der Waals surface area contributed by atoms with Crippen LogP contribution in [0.2, 0.25) is 0 Å². The number of aryl methyl sites for hydroxylation is 2. The highest BCUT2D eigenvalue weighted by atomic mass is 32.2. The van der Waals surface area contributed by atoms with Crippen molar-refractivity contribution >= 4 is 10.0 Å². The summed E-state index contributed by atoms with van der Waals surface area (Å²) < 4.78 is 29.5. The molecule has 0 aliphatic carbocycles. The minimum absolute atomic E-state index is 0.289. The summed E-state index contributed by atoms with van der Waals surface area (Å²) in [5, 5.41) is 4.26. The van der Waals surface area contributed by atoms with Crippen LogP contribution < -0.4 is 4.72 Å². The van der Waals surface area contributed by atoms with Crippen LogP contribution in [0.3, 0.4) is 0 Å². The highest BCUT2D eigenvalue weighted by molar-refractivity contribution is 7.89. The Kier molecular flexibility index (Phi) is 5.03. The molecule has 6 heteroatoms. The number of hydrogen-bond acceptors (Lipinski definition) is 3. The van der Waals surface area contributed by atoms with Crippen LogP contribution in [0, 0.1) is 6.92 Å². The summed E-state index contributed by atoms with van der Waals surface area (Å²) in [5.74, 6) is 0. The molecule has 0 spiro atoms. The fourth-order valence-electron chi connectivity index (χ4n) is 2.47. The molecule has 22 heavy (non-hydrogen) atoms. The van der Waals surface area contributed by atoms with E-state index >= 15 is 0 Å². The predicted octanol–water partition coefficient (Wildman–Crippen LogP) is 2.81. The Morgan fingerprint density at radius 1 is 1.23 bits per heavy atom. The molecule has 1 aromatic heterocycles. The van der Waals surface area contributed by atoms with Crippen molar-refractivity contribution in [1.29, 1.82) is 0 Å². The van der Waals surface area contributed by atoms with Crippen LogP contribution >= 0.6 is 0 Å². The third-order valence-electron chi connectivity index (χ3n) is 3.88. The molecule has 0 saturated carbocycles. The van der Waals surface area contributed by atoms with Gasteiger partial charge in [0.05, 0.1) is 11.1 Å². The van der Waals surface area contributed by atoms with Crippen LogP contribution in [0.4, 0.5) is 0 Å². The molecule has 0 aliphatic rings. The summed E-state index contributed by atoms with van der Waals surface area (Å²) in [7, 11) is -3.53. The van der Waals surface area contributed by atoms with E-state index in [-0.39, 0.29) is 10.9 Å². The van der Waals surface area contributed by atoms with Gasteiger partial charge in [-0.25, -0.2) is 13.1 Å². The topological polar surface area (TPSA) is 64.0 Å². The Hall–Kier alpha value is -1.66. The quantitative estimate of drug-likeness (QED) is 0.890. The first kappa shape index (κ1) is 16.7. The largest absolute Gasteiger partial charge is 0.270 e. The second-order valence-electron chi connectivity index (χ2n) is 5.34. The Morgan fingerprint density at radius 3 is 2.36 bits per heavy atom. The molecular formula is C16H23N3O2S. The van der Waals surface area contributed by atoms with Gasteiger partial charge in [-0.1, -0.05) is 19.1 Å². The summed E-state index contributed by atoms with van der Waals surface area (Å²) in [6, 6.07) is 6.67. The van der Waals surface area contributed by atoms with Gasteiger partial charge in [0, 0.05) is 23.8 Å². The first-order valence-electron chi connectivity index (χ1n) is 7.52. The van der Waals surface area contributed by atoms with Crippen molar-refractivity contribution in [3.63, 3.8) is 0 Å².